The molecule has 2 unspecified atom stereocenters. The van der Waals surface area contributed by atoms with E-state index in [0.717, 1.165) is 24.3 Å². The zero-order chi connectivity index (χ0) is 12.8. The number of Topliss-reactive ketones (excluding diaryl/α,β-unsaturated/α-hetero) is 1. The molecule has 2 saturated heterocycles. The lowest BCUT2D eigenvalue weighted by molar-refractivity contribution is -0.121. The average molecular weight is 259 g/mol. The van der Waals surface area contributed by atoms with Crippen LogP contribution in [-0.2, 0) is 4.79 Å². The van der Waals surface area contributed by atoms with Gasteiger partial charge in [-0.25, -0.2) is 0 Å². The molecule has 100 valence electrons. The highest BCUT2D eigenvalue weighted by molar-refractivity contribution is 5.83. The van der Waals surface area contributed by atoms with Crippen LogP contribution in [-0.4, -0.2) is 24.7 Å². The number of hydrogen-bond acceptors (Lipinski definition) is 4. The van der Waals surface area contributed by atoms with Crippen molar-refractivity contribution in [2.45, 2.75) is 44.2 Å². The summed E-state index contributed by atoms with van der Waals surface area (Å²) in [5.41, 5.74) is 1.17. The van der Waals surface area contributed by atoms with Crippen LogP contribution >= 0.6 is 0 Å². The Bertz CT molecular complexity index is 512. The minimum absolute atomic E-state index is 0.310. The smallest absolute Gasteiger partial charge is 0.231 e. The lowest BCUT2D eigenvalue weighted by Crippen LogP contribution is -2.52. The summed E-state index contributed by atoms with van der Waals surface area (Å²) in [5.74, 6) is 2.07. The van der Waals surface area contributed by atoms with Gasteiger partial charge in [-0.05, 0) is 31.4 Å². The van der Waals surface area contributed by atoms with Crippen LogP contribution in [0.5, 0.6) is 11.5 Å². The number of carbonyl (C=O) groups is 1. The summed E-state index contributed by atoms with van der Waals surface area (Å²) in [6.45, 7) is 0.310. The maximum absolute atomic E-state index is 11.8. The molecule has 2 bridgehead atoms. The van der Waals surface area contributed by atoms with E-state index < -0.39 is 0 Å². The Hall–Kier alpha value is -1.71. The van der Waals surface area contributed by atoms with Gasteiger partial charge < -0.3 is 14.4 Å². The second kappa shape index (κ2) is 4.15. The Morgan fingerprint density at radius 3 is 2.58 bits per heavy atom. The Morgan fingerprint density at radius 2 is 1.79 bits per heavy atom. The van der Waals surface area contributed by atoms with E-state index in [1.54, 1.807) is 0 Å². The van der Waals surface area contributed by atoms with E-state index in [9.17, 15) is 4.79 Å². The van der Waals surface area contributed by atoms with Gasteiger partial charge in [0.2, 0.25) is 6.79 Å². The summed E-state index contributed by atoms with van der Waals surface area (Å²) in [5, 5.41) is 0. The van der Waals surface area contributed by atoms with E-state index in [4.69, 9.17) is 9.47 Å². The number of piperidine rings is 2. The number of hydrogen-bond donors (Lipinski definition) is 0. The Balaban J connectivity index is 1.69. The molecule has 4 nitrogen and oxygen atoms in total. The summed E-state index contributed by atoms with van der Waals surface area (Å²) in [7, 11) is 0. The van der Waals surface area contributed by atoms with Gasteiger partial charge in [-0.2, -0.15) is 0 Å². The first-order valence-electron chi connectivity index (χ1n) is 7.01. The third kappa shape index (κ3) is 1.78. The van der Waals surface area contributed by atoms with Crippen LogP contribution in [0.3, 0.4) is 0 Å². The number of anilines is 1. The molecule has 2 atom stereocenters. The van der Waals surface area contributed by atoms with E-state index >= 15 is 0 Å². The van der Waals surface area contributed by atoms with Crippen LogP contribution in [0.2, 0.25) is 0 Å². The fourth-order valence-corrected chi connectivity index (χ4v) is 3.64. The zero-order valence-corrected chi connectivity index (χ0v) is 10.8. The van der Waals surface area contributed by atoms with Crippen molar-refractivity contribution in [3.63, 3.8) is 0 Å². The fourth-order valence-electron chi connectivity index (χ4n) is 3.64. The van der Waals surface area contributed by atoms with E-state index in [1.165, 1.54) is 12.1 Å². The highest BCUT2D eigenvalue weighted by Crippen LogP contribution is 2.41. The second-order valence-corrected chi connectivity index (χ2v) is 5.63. The molecule has 4 heteroatoms. The lowest BCUT2D eigenvalue weighted by atomic mass is 9.83. The first-order chi connectivity index (χ1) is 9.31. The predicted octanol–water partition coefficient (Wildman–Crippen LogP) is 2.51. The van der Waals surface area contributed by atoms with Crippen LogP contribution in [0.15, 0.2) is 18.2 Å². The van der Waals surface area contributed by atoms with Crippen LogP contribution in [0.4, 0.5) is 5.69 Å². The molecule has 0 aromatic heterocycles. The predicted molar refractivity (Wildman–Crippen MR) is 70.7 cm³/mol. The number of fused-ring (bicyclic) bond motifs is 3. The molecule has 4 rings (SSSR count). The van der Waals surface area contributed by atoms with Gasteiger partial charge >= 0.3 is 0 Å². The number of ketones is 1. The van der Waals surface area contributed by atoms with E-state index in [1.807, 2.05) is 6.07 Å². The molecule has 1 aromatic carbocycles. The average Bonchev–Trinajstić information content (AvgIpc) is 2.84. The number of ether oxygens (including phenoxy) is 2. The molecule has 0 saturated carbocycles. The second-order valence-electron chi connectivity index (χ2n) is 5.63. The van der Waals surface area contributed by atoms with Gasteiger partial charge in [0.25, 0.3) is 0 Å². The molecule has 0 spiro atoms. The summed E-state index contributed by atoms with van der Waals surface area (Å²) in [4.78, 5) is 14.2. The molecule has 3 aliphatic rings. The van der Waals surface area contributed by atoms with Gasteiger partial charge in [-0.3, -0.25) is 4.79 Å². The minimum atomic E-state index is 0.310. The van der Waals surface area contributed by atoms with Gasteiger partial charge in [0.15, 0.2) is 11.5 Å². The molecule has 1 aromatic rings. The van der Waals surface area contributed by atoms with Crippen LogP contribution in [0.25, 0.3) is 0 Å². The summed E-state index contributed by atoms with van der Waals surface area (Å²) >= 11 is 0. The van der Waals surface area contributed by atoms with Crippen molar-refractivity contribution in [3.05, 3.63) is 18.2 Å². The van der Waals surface area contributed by atoms with Gasteiger partial charge in [-0.15, -0.1) is 0 Å². The van der Waals surface area contributed by atoms with Crippen LogP contribution in [0.1, 0.15) is 32.1 Å². The molecular formula is C15H17NO3. The van der Waals surface area contributed by atoms with Crippen molar-refractivity contribution in [3.8, 4) is 11.5 Å². The molecule has 3 heterocycles. The van der Waals surface area contributed by atoms with Crippen molar-refractivity contribution in [2.24, 2.45) is 0 Å². The molecule has 2 fully saturated rings. The van der Waals surface area contributed by atoms with Gasteiger partial charge in [0, 0.05) is 36.7 Å². The highest BCUT2D eigenvalue weighted by atomic mass is 16.7. The Labute approximate surface area is 112 Å². The molecule has 3 aliphatic heterocycles. The van der Waals surface area contributed by atoms with Gasteiger partial charge in [-0.1, -0.05) is 0 Å². The third-order valence-corrected chi connectivity index (χ3v) is 4.44. The van der Waals surface area contributed by atoms with Crippen molar-refractivity contribution in [1.29, 1.82) is 0 Å². The Kier molecular flexibility index (Phi) is 2.43. The summed E-state index contributed by atoms with van der Waals surface area (Å²) in [6.07, 6.45) is 4.88. The number of benzene rings is 1. The van der Waals surface area contributed by atoms with Crippen molar-refractivity contribution >= 4 is 11.5 Å². The Morgan fingerprint density at radius 1 is 1.05 bits per heavy atom. The first-order valence-corrected chi connectivity index (χ1v) is 7.01. The minimum Gasteiger partial charge on any atom is -0.454 e. The van der Waals surface area contributed by atoms with Crippen molar-refractivity contribution in [1.82, 2.24) is 0 Å². The number of rotatable bonds is 1. The lowest BCUT2D eigenvalue weighted by Gasteiger charge is -2.47. The fraction of sp³-hybridized carbons (Fsp3) is 0.533. The SMILES string of the molecule is O=C1CC2CCCC(C1)N2c1ccc2c(c1)OCO2. The quantitative estimate of drug-likeness (QED) is 0.776. The van der Waals surface area contributed by atoms with Gasteiger partial charge in [0.1, 0.15) is 5.78 Å². The van der Waals surface area contributed by atoms with Crippen molar-refractivity contribution < 1.29 is 14.3 Å². The molecule has 0 radical (unpaired) electrons. The normalized spacial score (nSPS) is 28.6. The molecule has 19 heavy (non-hydrogen) atoms. The first kappa shape index (κ1) is 11.1. The topological polar surface area (TPSA) is 38.8 Å². The molecule has 0 amide bonds. The van der Waals surface area contributed by atoms with Crippen LogP contribution in [0, 0.1) is 0 Å². The number of carbonyl (C=O) groups excluding carboxylic acids is 1. The van der Waals surface area contributed by atoms with E-state index in [-0.39, 0.29) is 0 Å². The molecule has 0 aliphatic carbocycles. The van der Waals surface area contributed by atoms with Crippen molar-refractivity contribution in [2.75, 3.05) is 11.7 Å². The maximum Gasteiger partial charge on any atom is 0.231 e. The maximum atomic E-state index is 11.8. The zero-order valence-electron chi connectivity index (χ0n) is 10.8. The largest absolute Gasteiger partial charge is 0.454 e. The van der Waals surface area contributed by atoms with Crippen LogP contribution < -0.4 is 14.4 Å². The molecule has 0 N–H and O–H groups in total. The molecular weight excluding hydrogens is 242 g/mol. The number of nitrogens with zero attached hydrogens (tertiary/aromatic N) is 1. The summed E-state index contributed by atoms with van der Waals surface area (Å²) in [6, 6.07) is 6.88. The third-order valence-electron chi connectivity index (χ3n) is 4.44. The summed E-state index contributed by atoms with van der Waals surface area (Å²) < 4.78 is 10.8. The monoisotopic (exact) mass is 259 g/mol. The van der Waals surface area contributed by atoms with E-state index in [0.29, 0.717) is 37.5 Å². The van der Waals surface area contributed by atoms with E-state index in [2.05, 4.69) is 17.0 Å². The highest BCUT2D eigenvalue weighted by Gasteiger charge is 2.37. The standard InChI is InChI=1S/C15H17NO3/c17-13-6-10-2-1-3-11(7-13)16(10)12-4-5-14-15(8-12)19-9-18-14/h4-5,8,10-11H,1-3,6-7,9H2. The van der Waals surface area contributed by atoms with Gasteiger partial charge in [0.05, 0.1) is 0 Å².